The van der Waals surface area contributed by atoms with Gasteiger partial charge in [0.05, 0.1) is 12.1 Å². The van der Waals surface area contributed by atoms with Crippen LogP contribution in [0.1, 0.15) is 31.9 Å². The molecule has 0 unspecified atom stereocenters. The van der Waals surface area contributed by atoms with Crippen LogP contribution in [0, 0.1) is 6.92 Å². The standard InChI is InChI=1S/C15H24N2O2/c1-5-19-13-7-6-12(10-11(13)2)8-9-17-14(18)15(3,4)16/h6-7,10H,5,8-9,16H2,1-4H3,(H,17,18). The highest BCUT2D eigenvalue weighted by molar-refractivity contribution is 5.84. The lowest BCUT2D eigenvalue weighted by atomic mass is 10.1. The third kappa shape index (κ3) is 4.91. The number of ether oxygens (including phenoxy) is 1. The zero-order valence-corrected chi connectivity index (χ0v) is 12.2. The van der Waals surface area contributed by atoms with Gasteiger partial charge in [0.2, 0.25) is 5.91 Å². The Bertz CT molecular complexity index is 436. The van der Waals surface area contributed by atoms with Gasteiger partial charge in [-0.05, 0) is 51.3 Å². The van der Waals surface area contributed by atoms with Crippen LogP contribution in [0.2, 0.25) is 0 Å². The molecule has 0 aliphatic heterocycles. The molecule has 19 heavy (non-hydrogen) atoms. The molecule has 0 fully saturated rings. The van der Waals surface area contributed by atoms with Crippen LogP contribution in [-0.2, 0) is 11.2 Å². The summed E-state index contributed by atoms with van der Waals surface area (Å²) >= 11 is 0. The first-order valence-electron chi connectivity index (χ1n) is 6.64. The molecule has 4 heteroatoms. The van der Waals surface area contributed by atoms with Crippen molar-refractivity contribution >= 4 is 5.91 Å². The van der Waals surface area contributed by atoms with E-state index in [1.54, 1.807) is 13.8 Å². The van der Waals surface area contributed by atoms with E-state index in [2.05, 4.69) is 11.4 Å². The molecule has 4 nitrogen and oxygen atoms in total. The van der Waals surface area contributed by atoms with Gasteiger partial charge in [0.1, 0.15) is 5.75 Å². The largest absolute Gasteiger partial charge is 0.494 e. The van der Waals surface area contributed by atoms with E-state index in [1.165, 1.54) is 5.56 Å². The molecule has 0 spiro atoms. The Hall–Kier alpha value is -1.55. The topological polar surface area (TPSA) is 64.3 Å². The van der Waals surface area contributed by atoms with Crippen molar-refractivity contribution in [3.63, 3.8) is 0 Å². The van der Waals surface area contributed by atoms with Crippen LogP contribution in [0.4, 0.5) is 0 Å². The molecule has 0 aliphatic rings. The molecule has 3 N–H and O–H groups in total. The molecule has 1 aromatic carbocycles. The summed E-state index contributed by atoms with van der Waals surface area (Å²) in [6.45, 7) is 8.65. The zero-order chi connectivity index (χ0) is 14.5. The van der Waals surface area contributed by atoms with Crippen molar-refractivity contribution in [2.45, 2.75) is 39.7 Å². The molecule has 0 aliphatic carbocycles. The molecular weight excluding hydrogens is 240 g/mol. The second-order valence-corrected chi connectivity index (χ2v) is 5.26. The average Bonchev–Trinajstić information content (AvgIpc) is 2.31. The Morgan fingerprint density at radius 2 is 2.11 bits per heavy atom. The maximum Gasteiger partial charge on any atom is 0.239 e. The third-order valence-corrected chi connectivity index (χ3v) is 2.82. The summed E-state index contributed by atoms with van der Waals surface area (Å²) in [5.74, 6) is 0.786. The highest BCUT2D eigenvalue weighted by Crippen LogP contribution is 2.19. The van der Waals surface area contributed by atoms with E-state index in [9.17, 15) is 4.79 Å². The lowest BCUT2D eigenvalue weighted by Crippen LogP contribution is -2.49. The summed E-state index contributed by atoms with van der Waals surface area (Å²) in [6, 6.07) is 6.09. The molecule has 0 heterocycles. The van der Waals surface area contributed by atoms with Crippen LogP contribution in [0.5, 0.6) is 5.75 Å². The Labute approximate surface area is 115 Å². The van der Waals surface area contributed by atoms with Crippen LogP contribution in [0.25, 0.3) is 0 Å². The van der Waals surface area contributed by atoms with E-state index in [4.69, 9.17) is 10.5 Å². The van der Waals surface area contributed by atoms with Crippen molar-refractivity contribution in [2.75, 3.05) is 13.2 Å². The van der Waals surface area contributed by atoms with Gasteiger partial charge >= 0.3 is 0 Å². The van der Waals surface area contributed by atoms with Crippen LogP contribution in [0.15, 0.2) is 18.2 Å². The number of aryl methyl sites for hydroxylation is 1. The second-order valence-electron chi connectivity index (χ2n) is 5.26. The maximum absolute atomic E-state index is 11.6. The Balaban J connectivity index is 2.51. The molecule has 1 aromatic rings. The van der Waals surface area contributed by atoms with Gasteiger partial charge in [-0.25, -0.2) is 0 Å². The van der Waals surface area contributed by atoms with Crippen molar-refractivity contribution in [3.8, 4) is 5.75 Å². The van der Waals surface area contributed by atoms with E-state index in [1.807, 2.05) is 26.0 Å². The van der Waals surface area contributed by atoms with Crippen LogP contribution >= 0.6 is 0 Å². The third-order valence-electron chi connectivity index (χ3n) is 2.82. The number of carbonyl (C=O) groups is 1. The number of hydrogen-bond donors (Lipinski definition) is 2. The molecule has 106 valence electrons. The summed E-state index contributed by atoms with van der Waals surface area (Å²) in [7, 11) is 0. The van der Waals surface area contributed by atoms with Crippen LogP contribution < -0.4 is 15.8 Å². The van der Waals surface area contributed by atoms with Crippen molar-refractivity contribution in [2.24, 2.45) is 5.73 Å². The summed E-state index contributed by atoms with van der Waals surface area (Å²) in [6.07, 6.45) is 0.787. The number of amides is 1. The van der Waals surface area contributed by atoms with E-state index in [-0.39, 0.29) is 5.91 Å². The number of hydrogen-bond acceptors (Lipinski definition) is 3. The molecule has 0 saturated carbocycles. The van der Waals surface area contributed by atoms with Gasteiger partial charge < -0.3 is 15.8 Å². The Morgan fingerprint density at radius 3 is 2.63 bits per heavy atom. The minimum Gasteiger partial charge on any atom is -0.494 e. The first-order valence-corrected chi connectivity index (χ1v) is 6.64. The number of nitrogens with two attached hydrogens (primary N) is 1. The maximum atomic E-state index is 11.6. The molecular formula is C15H24N2O2. The molecule has 0 aromatic heterocycles. The molecule has 0 atom stereocenters. The fraction of sp³-hybridized carbons (Fsp3) is 0.533. The van der Waals surface area contributed by atoms with Crippen LogP contribution in [-0.4, -0.2) is 24.6 Å². The molecule has 0 saturated heterocycles. The van der Waals surface area contributed by atoms with Gasteiger partial charge in [0, 0.05) is 6.54 Å². The number of carbonyl (C=O) groups excluding carboxylic acids is 1. The molecule has 0 bridgehead atoms. The van der Waals surface area contributed by atoms with E-state index >= 15 is 0 Å². The van der Waals surface area contributed by atoms with Crippen LogP contribution in [0.3, 0.4) is 0 Å². The first-order chi connectivity index (χ1) is 8.84. The van der Waals surface area contributed by atoms with Gasteiger partial charge in [0.15, 0.2) is 0 Å². The fourth-order valence-electron chi connectivity index (χ4n) is 1.73. The summed E-state index contributed by atoms with van der Waals surface area (Å²) in [5.41, 5.74) is 7.18. The van der Waals surface area contributed by atoms with Gasteiger partial charge in [-0.2, -0.15) is 0 Å². The molecule has 0 radical (unpaired) electrons. The SMILES string of the molecule is CCOc1ccc(CCNC(=O)C(C)(C)N)cc1C. The van der Waals surface area contributed by atoms with Gasteiger partial charge in [-0.1, -0.05) is 12.1 Å². The van der Waals surface area contributed by atoms with Crippen molar-refractivity contribution < 1.29 is 9.53 Å². The molecule has 1 amide bonds. The van der Waals surface area contributed by atoms with Crippen molar-refractivity contribution in [3.05, 3.63) is 29.3 Å². The van der Waals surface area contributed by atoms with E-state index < -0.39 is 5.54 Å². The second kappa shape index (κ2) is 6.57. The summed E-state index contributed by atoms with van der Waals surface area (Å²) in [4.78, 5) is 11.6. The molecule has 1 rings (SSSR count). The van der Waals surface area contributed by atoms with Crippen molar-refractivity contribution in [1.82, 2.24) is 5.32 Å². The fourth-order valence-corrected chi connectivity index (χ4v) is 1.73. The Kier molecular flexibility index (Phi) is 5.36. The normalized spacial score (nSPS) is 11.2. The monoisotopic (exact) mass is 264 g/mol. The predicted molar refractivity (Wildman–Crippen MR) is 77.3 cm³/mol. The lowest BCUT2D eigenvalue weighted by molar-refractivity contribution is -0.125. The van der Waals surface area contributed by atoms with E-state index in [0.717, 1.165) is 17.7 Å². The predicted octanol–water partition coefficient (Wildman–Crippen LogP) is 1.79. The zero-order valence-electron chi connectivity index (χ0n) is 12.2. The highest BCUT2D eigenvalue weighted by Gasteiger charge is 2.20. The number of rotatable bonds is 6. The summed E-state index contributed by atoms with van der Waals surface area (Å²) in [5, 5.41) is 2.84. The number of benzene rings is 1. The van der Waals surface area contributed by atoms with Gasteiger partial charge in [-0.3, -0.25) is 4.79 Å². The lowest BCUT2D eigenvalue weighted by Gasteiger charge is -2.17. The first kappa shape index (κ1) is 15.5. The smallest absolute Gasteiger partial charge is 0.239 e. The minimum absolute atomic E-state index is 0.129. The Morgan fingerprint density at radius 1 is 1.42 bits per heavy atom. The summed E-state index contributed by atoms with van der Waals surface area (Å²) < 4.78 is 5.49. The van der Waals surface area contributed by atoms with E-state index in [0.29, 0.717) is 13.2 Å². The average molecular weight is 264 g/mol. The van der Waals surface area contributed by atoms with Crippen molar-refractivity contribution in [1.29, 1.82) is 0 Å². The minimum atomic E-state index is -0.825. The quantitative estimate of drug-likeness (QED) is 0.823. The number of nitrogens with one attached hydrogen (secondary N) is 1. The van der Waals surface area contributed by atoms with Gasteiger partial charge in [-0.15, -0.1) is 0 Å². The highest BCUT2D eigenvalue weighted by atomic mass is 16.5. The van der Waals surface area contributed by atoms with Gasteiger partial charge in [0.25, 0.3) is 0 Å².